The van der Waals surface area contributed by atoms with Crippen molar-refractivity contribution >= 4 is 65.2 Å². The van der Waals surface area contributed by atoms with Crippen LogP contribution in [0.1, 0.15) is 0 Å². The zero-order chi connectivity index (χ0) is 46.1. The lowest BCUT2D eigenvalue weighted by atomic mass is 9.81. The van der Waals surface area contributed by atoms with Crippen LogP contribution in [-0.2, 0) is 0 Å². The quantitative estimate of drug-likeness (QED) is 0.141. The Morgan fingerprint density at radius 3 is 0.971 bits per heavy atom. The van der Waals surface area contributed by atoms with Gasteiger partial charge in [0.05, 0.1) is 22.1 Å². The largest absolute Gasteiger partial charge is 0.309 e. The van der Waals surface area contributed by atoms with E-state index in [1.54, 1.807) is 0 Å². The lowest BCUT2D eigenvalue weighted by Gasteiger charge is -2.22. The van der Waals surface area contributed by atoms with Crippen LogP contribution < -0.4 is 0 Å². The van der Waals surface area contributed by atoms with E-state index in [1.807, 2.05) is 0 Å². The lowest BCUT2D eigenvalue weighted by molar-refractivity contribution is 1.18. The summed E-state index contributed by atoms with van der Waals surface area (Å²) in [6.07, 6.45) is 0. The van der Waals surface area contributed by atoms with Gasteiger partial charge in [0.2, 0.25) is 0 Å². The summed E-state index contributed by atoms with van der Waals surface area (Å²) < 4.78 is 4.93. The van der Waals surface area contributed by atoms with E-state index >= 15 is 0 Å². The Balaban J connectivity index is 1.17. The fourth-order valence-corrected chi connectivity index (χ4v) is 11.6. The minimum absolute atomic E-state index is 1.14. The molecule has 0 aliphatic carbocycles. The second kappa shape index (κ2) is 16.2. The van der Waals surface area contributed by atoms with Gasteiger partial charge < -0.3 is 9.13 Å². The smallest absolute Gasteiger partial charge is 0.0619 e. The van der Waals surface area contributed by atoms with E-state index in [0.717, 1.165) is 11.4 Å². The van der Waals surface area contributed by atoms with E-state index in [2.05, 4.69) is 276 Å². The van der Waals surface area contributed by atoms with Crippen LogP contribution >= 0.6 is 0 Å². The van der Waals surface area contributed by atoms with Gasteiger partial charge >= 0.3 is 0 Å². The number of aromatic nitrogens is 2. The Hall–Kier alpha value is -9.24. The highest BCUT2D eigenvalue weighted by Crippen LogP contribution is 2.51. The molecule has 2 heteroatoms. The fourth-order valence-electron chi connectivity index (χ4n) is 11.6. The molecule has 0 saturated heterocycles. The van der Waals surface area contributed by atoms with Gasteiger partial charge in [-0.1, -0.05) is 224 Å². The molecule has 2 heterocycles. The molecule has 0 unspecified atom stereocenters. The molecule has 14 rings (SSSR count). The SMILES string of the molecule is c1ccc(-c2cccc(-c3ccccc3)c2-c2c3cccc(-c4cccc5c6ccccc6n(-c6ccccc6)c45)c3cc3c(-c4cccc5c6ccccc6n(-c6ccccc6)c45)cccc23)cc1. The maximum absolute atomic E-state index is 2.51. The summed E-state index contributed by atoms with van der Waals surface area (Å²) in [5.41, 5.74) is 19.0. The van der Waals surface area contributed by atoms with Crippen molar-refractivity contribution in [1.82, 2.24) is 9.13 Å². The molecule has 0 N–H and O–H groups in total. The van der Waals surface area contributed by atoms with Gasteiger partial charge in [-0.2, -0.15) is 0 Å². The van der Waals surface area contributed by atoms with Crippen LogP contribution in [-0.4, -0.2) is 9.13 Å². The van der Waals surface area contributed by atoms with Crippen LogP contribution in [0.2, 0.25) is 0 Å². The molecule has 0 atom stereocenters. The van der Waals surface area contributed by atoms with Crippen LogP contribution in [0, 0.1) is 0 Å². The molecule has 14 aromatic rings. The third kappa shape index (κ3) is 6.13. The molecule has 0 amide bonds. The van der Waals surface area contributed by atoms with E-state index in [9.17, 15) is 0 Å². The normalized spacial score (nSPS) is 11.7. The standard InChI is InChI=1S/C68H44N2/c1-5-22-45(23-6-1)49-32-17-33-50(46-24-7-2-8-25-46)65(49)66-55-36-18-34-51(57-38-20-40-59-53-30-13-15-42-63(53)69(67(57)59)47-26-9-3-10-27-47)61(55)44-62-52(35-19-37-56(62)66)58-39-21-41-60-54-31-14-16-43-64(54)70(68(58)60)48-28-11-4-12-29-48/h1-44H. The van der Waals surface area contributed by atoms with Crippen molar-refractivity contribution in [3.8, 4) is 67.0 Å². The zero-order valence-electron chi connectivity index (χ0n) is 38.3. The monoisotopic (exact) mass is 888 g/mol. The highest BCUT2D eigenvalue weighted by molar-refractivity contribution is 6.25. The van der Waals surface area contributed by atoms with Crippen LogP contribution in [0.4, 0.5) is 0 Å². The molecule has 0 aliphatic heterocycles. The van der Waals surface area contributed by atoms with Gasteiger partial charge in [0.1, 0.15) is 0 Å². The van der Waals surface area contributed by atoms with Gasteiger partial charge in [-0.25, -0.2) is 0 Å². The second-order valence-corrected chi connectivity index (χ2v) is 18.3. The Kier molecular flexibility index (Phi) is 9.25. The van der Waals surface area contributed by atoms with Crippen molar-refractivity contribution in [3.63, 3.8) is 0 Å². The molecule has 70 heavy (non-hydrogen) atoms. The van der Waals surface area contributed by atoms with Crippen LogP contribution in [0.15, 0.2) is 267 Å². The van der Waals surface area contributed by atoms with E-state index in [0.29, 0.717) is 0 Å². The van der Waals surface area contributed by atoms with Crippen molar-refractivity contribution < 1.29 is 0 Å². The van der Waals surface area contributed by atoms with E-state index in [4.69, 9.17) is 0 Å². The van der Waals surface area contributed by atoms with E-state index in [-0.39, 0.29) is 0 Å². The minimum Gasteiger partial charge on any atom is -0.309 e. The maximum atomic E-state index is 2.51. The molecule has 12 aromatic carbocycles. The number of benzene rings is 12. The number of nitrogens with zero attached hydrogens (tertiary/aromatic N) is 2. The van der Waals surface area contributed by atoms with Crippen molar-refractivity contribution in [1.29, 1.82) is 0 Å². The number of hydrogen-bond donors (Lipinski definition) is 0. The van der Waals surface area contributed by atoms with Crippen LogP contribution in [0.5, 0.6) is 0 Å². The highest BCUT2D eigenvalue weighted by atomic mass is 15.0. The highest BCUT2D eigenvalue weighted by Gasteiger charge is 2.25. The average Bonchev–Trinajstić information content (AvgIpc) is 3.96. The molecule has 0 bridgehead atoms. The van der Waals surface area contributed by atoms with Gasteiger partial charge in [0.15, 0.2) is 0 Å². The summed E-state index contributed by atoms with van der Waals surface area (Å²) in [6.45, 7) is 0. The molecule has 326 valence electrons. The fraction of sp³-hybridized carbons (Fsp3) is 0. The zero-order valence-corrected chi connectivity index (χ0v) is 38.3. The summed E-state index contributed by atoms with van der Waals surface area (Å²) in [4.78, 5) is 0. The van der Waals surface area contributed by atoms with Crippen molar-refractivity contribution in [3.05, 3.63) is 267 Å². The average molecular weight is 889 g/mol. The molecule has 0 fully saturated rings. The summed E-state index contributed by atoms with van der Waals surface area (Å²) in [5, 5.41) is 9.76. The third-order valence-electron chi connectivity index (χ3n) is 14.5. The first-order valence-electron chi connectivity index (χ1n) is 24.2. The summed E-state index contributed by atoms with van der Waals surface area (Å²) in [7, 11) is 0. The first-order chi connectivity index (χ1) is 34.8. The van der Waals surface area contributed by atoms with Gasteiger partial charge in [0, 0.05) is 44.0 Å². The van der Waals surface area contributed by atoms with Crippen LogP contribution in [0.25, 0.3) is 132 Å². The summed E-state index contributed by atoms with van der Waals surface area (Å²) in [6, 6.07) is 98.3. The lowest BCUT2D eigenvalue weighted by Crippen LogP contribution is -1.97. The number of rotatable bonds is 7. The Bertz CT molecular complexity index is 4040. The summed E-state index contributed by atoms with van der Waals surface area (Å²) >= 11 is 0. The molecule has 0 saturated carbocycles. The van der Waals surface area contributed by atoms with Crippen molar-refractivity contribution in [2.45, 2.75) is 0 Å². The third-order valence-corrected chi connectivity index (χ3v) is 14.5. The van der Waals surface area contributed by atoms with Gasteiger partial charge in [-0.05, 0) is 109 Å². The first kappa shape index (κ1) is 39.9. The Labute approximate surface area is 406 Å². The predicted octanol–water partition coefficient (Wildman–Crippen LogP) is 18.5. The molecular formula is C68H44N2. The molecule has 0 spiro atoms. The predicted molar refractivity (Wildman–Crippen MR) is 297 cm³/mol. The second-order valence-electron chi connectivity index (χ2n) is 18.3. The molecule has 2 nitrogen and oxygen atoms in total. The number of hydrogen-bond acceptors (Lipinski definition) is 0. The van der Waals surface area contributed by atoms with Crippen LogP contribution in [0.3, 0.4) is 0 Å². The number of para-hydroxylation sites is 6. The summed E-state index contributed by atoms with van der Waals surface area (Å²) in [5.74, 6) is 0. The molecule has 2 aromatic heterocycles. The maximum Gasteiger partial charge on any atom is 0.0619 e. The van der Waals surface area contributed by atoms with E-state index < -0.39 is 0 Å². The first-order valence-corrected chi connectivity index (χ1v) is 24.2. The molecule has 0 aliphatic rings. The topological polar surface area (TPSA) is 9.86 Å². The Morgan fingerprint density at radius 2 is 0.529 bits per heavy atom. The van der Waals surface area contributed by atoms with Gasteiger partial charge in [0.25, 0.3) is 0 Å². The molecule has 0 radical (unpaired) electrons. The minimum atomic E-state index is 1.14. The molecular weight excluding hydrogens is 845 g/mol. The van der Waals surface area contributed by atoms with Gasteiger partial charge in [-0.15, -0.1) is 0 Å². The number of fused-ring (bicyclic) bond motifs is 8. The van der Waals surface area contributed by atoms with Gasteiger partial charge in [-0.3, -0.25) is 0 Å². The van der Waals surface area contributed by atoms with Crippen molar-refractivity contribution in [2.75, 3.05) is 0 Å². The van der Waals surface area contributed by atoms with E-state index in [1.165, 1.54) is 121 Å². The Morgan fingerprint density at radius 1 is 0.200 bits per heavy atom. The van der Waals surface area contributed by atoms with Crippen molar-refractivity contribution in [2.24, 2.45) is 0 Å².